The van der Waals surface area contributed by atoms with Crippen LogP contribution in [0.1, 0.15) is 61.6 Å². The lowest BCUT2D eigenvalue weighted by Gasteiger charge is -2.19. The fourth-order valence-electron chi connectivity index (χ4n) is 11.1. The number of hydrogen-bond acceptors (Lipinski definition) is 11. The smallest absolute Gasteiger partial charge is 0.126 e. The van der Waals surface area contributed by atoms with Gasteiger partial charge in [0, 0.05) is 32.8 Å². The standard InChI is InChI=1S/C69H33N13/c1-39-11-63(80-40(2)79-39)57-28-68(81-64-24-49(53-16-41(30-70)12-42(17-53)31-71)3-7-58(64)59-8-4-50(25-65(59)81)54-18-43(32-72)13-44(19-54)33-73)62(38-78)69(29-57)82-66-26-51(55-20-45(34-74)14-46(21-55)35-75)5-9-60(66)61-10-6-52(27-67(61)82)56-22-47(36-76)15-48(23-56)37-77/h3-29H,1-2H3. The molecule has 0 atom stereocenters. The van der Waals surface area contributed by atoms with Crippen LogP contribution in [0, 0.1) is 116 Å². The molecule has 0 radical (unpaired) electrons. The van der Waals surface area contributed by atoms with Gasteiger partial charge in [0.1, 0.15) is 17.5 Å². The molecule has 82 heavy (non-hydrogen) atoms. The van der Waals surface area contributed by atoms with Crippen molar-refractivity contribution in [3.05, 3.63) is 225 Å². The molecule has 0 bridgehead atoms. The summed E-state index contributed by atoms with van der Waals surface area (Å²) in [6, 6.07) is 69.2. The summed E-state index contributed by atoms with van der Waals surface area (Å²) >= 11 is 0. The number of hydrogen-bond donors (Lipinski definition) is 0. The van der Waals surface area contributed by atoms with E-state index in [2.05, 4.69) is 59.6 Å². The zero-order chi connectivity index (χ0) is 56.9. The first-order valence-corrected chi connectivity index (χ1v) is 25.4. The largest absolute Gasteiger partial charge is 0.308 e. The van der Waals surface area contributed by atoms with Crippen LogP contribution in [0.15, 0.2) is 164 Å². The molecule has 3 heterocycles. The van der Waals surface area contributed by atoms with Crippen LogP contribution in [0.25, 0.3) is 111 Å². The summed E-state index contributed by atoms with van der Waals surface area (Å²) in [7, 11) is 0. The highest BCUT2D eigenvalue weighted by molar-refractivity contribution is 6.13. The first-order chi connectivity index (χ1) is 39.9. The van der Waals surface area contributed by atoms with E-state index in [0.717, 1.165) is 21.5 Å². The van der Waals surface area contributed by atoms with Gasteiger partial charge in [0.05, 0.1) is 132 Å². The summed E-state index contributed by atoms with van der Waals surface area (Å²) in [5, 5.41) is 95.8. The van der Waals surface area contributed by atoms with Gasteiger partial charge < -0.3 is 9.13 Å². The Labute approximate surface area is 468 Å². The van der Waals surface area contributed by atoms with Crippen LogP contribution in [0.2, 0.25) is 0 Å². The Kier molecular flexibility index (Phi) is 12.1. The van der Waals surface area contributed by atoms with Crippen LogP contribution in [0.4, 0.5) is 0 Å². The van der Waals surface area contributed by atoms with Crippen LogP contribution >= 0.6 is 0 Å². The van der Waals surface area contributed by atoms with Crippen LogP contribution in [-0.4, -0.2) is 19.1 Å². The highest BCUT2D eigenvalue weighted by Crippen LogP contribution is 2.44. The fraction of sp³-hybridized carbons (Fsp3) is 0.0290. The predicted molar refractivity (Wildman–Crippen MR) is 310 cm³/mol. The van der Waals surface area contributed by atoms with Gasteiger partial charge in [-0.05, 0) is 174 Å². The predicted octanol–water partition coefficient (Wildman–Crippen LogP) is 14.5. The molecule has 13 heteroatoms. The Hall–Kier alpha value is -12.9. The Morgan fingerprint density at radius 1 is 0.280 bits per heavy atom. The number of rotatable bonds is 7. The van der Waals surface area contributed by atoms with Crippen molar-refractivity contribution >= 4 is 43.6 Å². The summed E-state index contributed by atoms with van der Waals surface area (Å²) in [5.41, 5.74) is 13.3. The van der Waals surface area contributed by atoms with Crippen LogP contribution in [0.3, 0.4) is 0 Å². The minimum atomic E-state index is 0.225. The normalized spacial score (nSPS) is 10.7. The van der Waals surface area contributed by atoms with Crippen LogP contribution in [-0.2, 0) is 0 Å². The van der Waals surface area contributed by atoms with E-state index in [-0.39, 0.29) is 5.56 Å². The summed E-state index contributed by atoms with van der Waals surface area (Å²) in [5.74, 6) is 0.514. The van der Waals surface area contributed by atoms with Gasteiger partial charge >= 0.3 is 0 Å². The second-order valence-electron chi connectivity index (χ2n) is 19.6. The first kappa shape index (κ1) is 49.9. The molecule has 9 aromatic carbocycles. The molecule has 374 valence electrons. The molecular formula is C69H33N13. The molecular weight excluding hydrogens is 1010 g/mol. The maximum absolute atomic E-state index is 12.1. The summed E-state index contributed by atoms with van der Waals surface area (Å²) in [6.07, 6.45) is 0. The second-order valence-corrected chi connectivity index (χ2v) is 19.6. The highest BCUT2D eigenvalue weighted by atomic mass is 15.0. The van der Waals surface area contributed by atoms with E-state index >= 15 is 0 Å². The molecule has 0 amide bonds. The van der Waals surface area contributed by atoms with Gasteiger partial charge in [0.2, 0.25) is 0 Å². The summed E-state index contributed by atoms with van der Waals surface area (Å²) < 4.78 is 4.03. The van der Waals surface area contributed by atoms with E-state index in [0.29, 0.717) is 145 Å². The van der Waals surface area contributed by atoms with E-state index in [1.165, 1.54) is 24.3 Å². The molecule has 13 nitrogen and oxygen atoms in total. The zero-order valence-electron chi connectivity index (χ0n) is 43.4. The molecule has 0 saturated heterocycles. The SMILES string of the molecule is Cc1cc(-c2cc(-n3c4cc(-c5cc(C#N)cc(C#N)c5)ccc4c4ccc(-c5cc(C#N)cc(C#N)c5)cc43)c(C#N)c(-n3c4cc(-c5cc(C#N)cc(C#N)c5)ccc4c4ccc(-c5cc(C#N)cc(C#N)c5)cc43)c2)nc(C)n1. The summed E-state index contributed by atoms with van der Waals surface area (Å²) in [4.78, 5) is 9.60. The van der Waals surface area contributed by atoms with Crippen LogP contribution in [0.5, 0.6) is 0 Å². The molecule has 0 spiro atoms. The maximum Gasteiger partial charge on any atom is 0.126 e. The molecule has 0 aliphatic heterocycles. The Balaban J connectivity index is 1.25. The van der Waals surface area contributed by atoms with Gasteiger partial charge in [-0.2, -0.15) is 47.4 Å². The molecule has 0 aliphatic rings. The molecule has 12 aromatic rings. The monoisotopic (exact) mass is 1040 g/mol. The lowest BCUT2D eigenvalue weighted by Crippen LogP contribution is -2.06. The zero-order valence-corrected chi connectivity index (χ0v) is 43.4. The highest BCUT2D eigenvalue weighted by Gasteiger charge is 2.25. The number of benzene rings is 9. The Bertz CT molecular complexity index is 4550. The Morgan fingerprint density at radius 3 is 0.805 bits per heavy atom. The third-order valence-corrected chi connectivity index (χ3v) is 14.6. The third-order valence-electron chi connectivity index (χ3n) is 14.6. The lowest BCUT2D eigenvalue weighted by molar-refractivity contribution is 1.01. The van der Waals surface area contributed by atoms with Gasteiger partial charge in [0.15, 0.2) is 0 Å². The number of nitrogens with zero attached hydrogens (tertiary/aromatic N) is 13. The van der Waals surface area contributed by atoms with Crippen molar-refractivity contribution in [2.75, 3.05) is 0 Å². The van der Waals surface area contributed by atoms with Crippen molar-refractivity contribution in [1.82, 2.24) is 19.1 Å². The molecule has 0 unspecified atom stereocenters. The number of nitriles is 9. The quantitative estimate of drug-likeness (QED) is 0.145. The average molecular weight is 1040 g/mol. The van der Waals surface area contributed by atoms with E-state index < -0.39 is 0 Å². The average Bonchev–Trinajstić information content (AvgIpc) is 4.26. The van der Waals surface area contributed by atoms with Crippen molar-refractivity contribution in [3.63, 3.8) is 0 Å². The van der Waals surface area contributed by atoms with Crippen LogP contribution < -0.4 is 0 Å². The number of aromatic nitrogens is 4. The van der Waals surface area contributed by atoms with Gasteiger partial charge in [-0.15, -0.1) is 0 Å². The number of fused-ring (bicyclic) bond motifs is 6. The lowest BCUT2D eigenvalue weighted by atomic mass is 9.98. The van der Waals surface area contributed by atoms with Crippen molar-refractivity contribution < 1.29 is 0 Å². The van der Waals surface area contributed by atoms with Crippen molar-refractivity contribution in [1.29, 1.82) is 47.4 Å². The van der Waals surface area contributed by atoms with Gasteiger partial charge in [-0.25, -0.2) is 9.97 Å². The second kappa shape index (κ2) is 19.9. The third kappa shape index (κ3) is 8.55. The van der Waals surface area contributed by atoms with Crippen molar-refractivity contribution in [2.24, 2.45) is 0 Å². The van der Waals surface area contributed by atoms with Gasteiger partial charge in [-0.3, -0.25) is 0 Å². The van der Waals surface area contributed by atoms with Gasteiger partial charge in [0.25, 0.3) is 0 Å². The summed E-state index contributed by atoms with van der Waals surface area (Å²) in [6.45, 7) is 3.69. The molecule has 3 aromatic heterocycles. The molecule has 0 fully saturated rings. The Morgan fingerprint density at radius 2 is 0.561 bits per heavy atom. The van der Waals surface area contributed by atoms with Crippen molar-refractivity contribution in [2.45, 2.75) is 13.8 Å². The van der Waals surface area contributed by atoms with Crippen molar-refractivity contribution in [3.8, 4) is 122 Å². The molecule has 0 N–H and O–H groups in total. The van der Waals surface area contributed by atoms with E-state index in [1.807, 2.05) is 114 Å². The number of aryl methyl sites for hydroxylation is 2. The maximum atomic E-state index is 12.1. The molecule has 12 rings (SSSR count). The van der Waals surface area contributed by atoms with E-state index in [9.17, 15) is 47.4 Å². The minimum absolute atomic E-state index is 0.225. The van der Waals surface area contributed by atoms with E-state index in [4.69, 9.17) is 4.98 Å². The molecule has 0 saturated carbocycles. The van der Waals surface area contributed by atoms with Gasteiger partial charge in [-0.1, -0.05) is 48.5 Å². The fourth-order valence-corrected chi connectivity index (χ4v) is 11.1. The molecule has 0 aliphatic carbocycles. The van der Waals surface area contributed by atoms with E-state index in [1.54, 1.807) is 48.5 Å². The minimum Gasteiger partial charge on any atom is -0.308 e. The topological polar surface area (TPSA) is 250 Å². The first-order valence-electron chi connectivity index (χ1n) is 25.4.